The molecule has 0 spiro atoms. The van der Waals surface area contributed by atoms with E-state index in [0.29, 0.717) is 0 Å². The van der Waals surface area contributed by atoms with Gasteiger partial charge in [-0.15, -0.1) is 0 Å². The van der Waals surface area contributed by atoms with Crippen LogP contribution in [-0.2, 0) is 0 Å². The Hall–Kier alpha value is -4.44. The molecule has 1 unspecified atom stereocenters. The van der Waals surface area contributed by atoms with Gasteiger partial charge in [0.15, 0.2) is 0 Å². The second-order valence-corrected chi connectivity index (χ2v) is 8.70. The normalized spacial score (nSPS) is 15.1. The first-order valence-electron chi connectivity index (χ1n) is 11.5. The molecule has 4 nitrogen and oxygen atoms in total. The maximum absolute atomic E-state index is 5.15. The van der Waals surface area contributed by atoms with Crippen molar-refractivity contribution in [3.05, 3.63) is 113 Å². The topological polar surface area (TPSA) is 51.0 Å². The standard InChI is InChI=1S/C30H20N4/c1-4-23(25-14-12-21-10-8-19-6-2-16-31-27(19)29(21)33-25)18-24(5-1)26-15-13-22-11-9-20-7-3-17-32-28(20)30(22)34-26/h1-14,16-18,26H,15H2. The van der Waals surface area contributed by atoms with E-state index in [-0.39, 0.29) is 6.04 Å². The molecule has 4 heterocycles. The minimum atomic E-state index is 0.0583. The highest BCUT2D eigenvalue weighted by Gasteiger charge is 2.15. The lowest BCUT2D eigenvalue weighted by Gasteiger charge is -2.16. The van der Waals surface area contributed by atoms with Gasteiger partial charge >= 0.3 is 0 Å². The van der Waals surface area contributed by atoms with E-state index in [1.54, 1.807) is 0 Å². The van der Waals surface area contributed by atoms with Crippen molar-refractivity contribution in [3.8, 4) is 11.3 Å². The van der Waals surface area contributed by atoms with E-state index >= 15 is 0 Å². The summed E-state index contributed by atoms with van der Waals surface area (Å²) in [7, 11) is 0. The van der Waals surface area contributed by atoms with Crippen molar-refractivity contribution >= 4 is 38.8 Å². The van der Waals surface area contributed by atoms with Crippen molar-refractivity contribution < 1.29 is 0 Å². The SMILES string of the molecule is C1=c2ccc3cccnc3c2=NC(c2cccc(-c3ccc4ccc5cccnc5c4n3)c2)C1. The molecule has 160 valence electrons. The Balaban J connectivity index is 1.34. The molecule has 4 heteroatoms. The van der Waals surface area contributed by atoms with Crippen molar-refractivity contribution in [2.75, 3.05) is 0 Å². The van der Waals surface area contributed by atoms with Crippen molar-refractivity contribution in [2.24, 2.45) is 4.99 Å². The molecule has 0 amide bonds. The second kappa shape index (κ2) is 7.56. The summed E-state index contributed by atoms with van der Waals surface area (Å²) in [5.74, 6) is 0. The highest BCUT2D eigenvalue weighted by Crippen LogP contribution is 2.29. The molecule has 0 bridgehead atoms. The van der Waals surface area contributed by atoms with Gasteiger partial charge in [0.25, 0.3) is 0 Å². The maximum atomic E-state index is 5.15. The quantitative estimate of drug-likeness (QED) is 0.335. The van der Waals surface area contributed by atoms with Gasteiger partial charge in [-0.05, 0) is 41.5 Å². The number of hydrogen-bond donors (Lipinski definition) is 0. The smallest absolute Gasteiger partial charge is 0.0972 e. The molecule has 6 aromatic rings. The summed E-state index contributed by atoms with van der Waals surface area (Å²) in [4.78, 5) is 19.4. The predicted molar refractivity (Wildman–Crippen MR) is 137 cm³/mol. The number of aromatic nitrogens is 3. The Bertz CT molecular complexity index is 1860. The zero-order valence-electron chi connectivity index (χ0n) is 18.4. The lowest BCUT2D eigenvalue weighted by atomic mass is 9.97. The molecule has 34 heavy (non-hydrogen) atoms. The zero-order chi connectivity index (χ0) is 22.5. The van der Waals surface area contributed by atoms with Gasteiger partial charge in [-0.3, -0.25) is 15.0 Å². The van der Waals surface area contributed by atoms with Crippen LogP contribution in [0, 0.1) is 0 Å². The number of hydrogen-bond acceptors (Lipinski definition) is 4. The number of nitrogens with zero attached hydrogens (tertiary/aromatic N) is 4. The molecule has 0 saturated heterocycles. The average Bonchev–Trinajstić information content (AvgIpc) is 2.92. The Morgan fingerprint density at radius 3 is 2.26 bits per heavy atom. The van der Waals surface area contributed by atoms with Crippen molar-refractivity contribution in [3.63, 3.8) is 0 Å². The molecule has 0 fully saturated rings. The largest absolute Gasteiger partial charge is 0.274 e. The minimum absolute atomic E-state index is 0.0583. The summed E-state index contributed by atoms with van der Waals surface area (Å²) in [6.07, 6.45) is 6.81. The van der Waals surface area contributed by atoms with E-state index in [1.807, 2.05) is 24.5 Å². The van der Waals surface area contributed by atoms with Crippen LogP contribution in [-0.4, -0.2) is 15.0 Å². The van der Waals surface area contributed by atoms with Crippen molar-refractivity contribution in [2.45, 2.75) is 12.5 Å². The molecular formula is C30H20N4. The molecule has 1 aliphatic heterocycles. The van der Waals surface area contributed by atoms with E-state index in [1.165, 1.54) is 5.56 Å². The second-order valence-electron chi connectivity index (χ2n) is 8.70. The van der Waals surface area contributed by atoms with Crippen LogP contribution >= 0.6 is 0 Å². The van der Waals surface area contributed by atoms with Gasteiger partial charge in [-0.25, -0.2) is 4.98 Å². The van der Waals surface area contributed by atoms with Gasteiger partial charge in [0, 0.05) is 34.1 Å². The third-order valence-electron chi connectivity index (χ3n) is 6.62. The van der Waals surface area contributed by atoms with E-state index in [4.69, 9.17) is 9.98 Å². The first-order chi connectivity index (χ1) is 16.8. The first-order valence-corrected chi connectivity index (χ1v) is 11.5. The van der Waals surface area contributed by atoms with Crippen LogP contribution in [0.25, 0.3) is 50.0 Å². The molecule has 0 radical (unpaired) electrons. The highest BCUT2D eigenvalue weighted by atomic mass is 14.8. The summed E-state index contributed by atoms with van der Waals surface area (Å²) in [5.41, 5.74) is 6.05. The summed E-state index contributed by atoms with van der Waals surface area (Å²) in [6.45, 7) is 0. The fourth-order valence-electron chi connectivity index (χ4n) is 4.89. The molecule has 0 N–H and O–H groups in total. The van der Waals surface area contributed by atoms with Gasteiger partial charge < -0.3 is 0 Å². The van der Waals surface area contributed by atoms with Gasteiger partial charge in [-0.2, -0.15) is 0 Å². The number of benzene rings is 3. The van der Waals surface area contributed by atoms with Gasteiger partial charge in [0.2, 0.25) is 0 Å². The van der Waals surface area contributed by atoms with Crippen LogP contribution in [0.4, 0.5) is 0 Å². The monoisotopic (exact) mass is 436 g/mol. The third kappa shape index (κ3) is 3.07. The van der Waals surface area contributed by atoms with Crippen LogP contribution in [0.15, 0.2) is 102 Å². The third-order valence-corrected chi connectivity index (χ3v) is 6.62. The molecule has 0 aliphatic carbocycles. The minimum Gasteiger partial charge on any atom is -0.274 e. The summed E-state index contributed by atoms with van der Waals surface area (Å²) in [5, 5.41) is 5.47. The molecule has 1 aliphatic rings. The van der Waals surface area contributed by atoms with Crippen LogP contribution in [0.3, 0.4) is 0 Å². The van der Waals surface area contributed by atoms with Crippen LogP contribution in [0.1, 0.15) is 18.0 Å². The van der Waals surface area contributed by atoms with Gasteiger partial charge in [0.1, 0.15) is 0 Å². The Kier molecular flexibility index (Phi) is 4.24. The van der Waals surface area contributed by atoms with E-state index in [9.17, 15) is 0 Å². The number of pyridine rings is 3. The van der Waals surface area contributed by atoms with Crippen LogP contribution in [0.5, 0.6) is 0 Å². The Morgan fingerprint density at radius 2 is 1.38 bits per heavy atom. The molecular weight excluding hydrogens is 416 g/mol. The predicted octanol–water partition coefficient (Wildman–Crippen LogP) is 5.54. The molecule has 0 saturated carbocycles. The zero-order valence-corrected chi connectivity index (χ0v) is 18.4. The lowest BCUT2D eigenvalue weighted by Crippen LogP contribution is -2.30. The fraction of sp³-hybridized carbons (Fsp3) is 0.0667. The lowest BCUT2D eigenvalue weighted by molar-refractivity contribution is 0.725. The summed E-state index contributed by atoms with van der Waals surface area (Å²) < 4.78 is 0. The Labute approximate surface area is 196 Å². The first kappa shape index (κ1) is 19.1. The number of fused-ring (bicyclic) bond motifs is 6. The van der Waals surface area contributed by atoms with Gasteiger partial charge in [-0.1, -0.05) is 66.7 Å². The molecule has 7 rings (SSSR count). The van der Waals surface area contributed by atoms with Gasteiger partial charge in [0.05, 0.1) is 33.6 Å². The fourth-order valence-corrected chi connectivity index (χ4v) is 4.89. The summed E-state index contributed by atoms with van der Waals surface area (Å²) >= 11 is 0. The van der Waals surface area contributed by atoms with E-state index < -0.39 is 0 Å². The highest BCUT2D eigenvalue weighted by molar-refractivity contribution is 6.03. The Morgan fingerprint density at radius 1 is 0.647 bits per heavy atom. The summed E-state index contributed by atoms with van der Waals surface area (Å²) in [6, 6.07) is 29.5. The number of rotatable bonds is 2. The average molecular weight is 437 g/mol. The molecule has 3 aromatic heterocycles. The maximum Gasteiger partial charge on any atom is 0.0972 e. The molecule has 3 aromatic carbocycles. The van der Waals surface area contributed by atoms with E-state index in [0.717, 1.165) is 61.0 Å². The van der Waals surface area contributed by atoms with Crippen molar-refractivity contribution in [1.82, 2.24) is 15.0 Å². The van der Waals surface area contributed by atoms with Crippen LogP contribution in [0.2, 0.25) is 0 Å². The molecule has 1 atom stereocenters. The van der Waals surface area contributed by atoms with Crippen LogP contribution < -0.4 is 10.6 Å². The van der Waals surface area contributed by atoms with Crippen molar-refractivity contribution in [1.29, 1.82) is 0 Å². The van der Waals surface area contributed by atoms with E-state index in [2.05, 4.69) is 88.8 Å².